The highest BCUT2D eigenvalue weighted by Crippen LogP contribution is 2.33. The quantitative estimate of drug-likeness (QED) is 0.697. The van der Waals surface area contributed by atoms with E-state index in [0.717, 1.165) is 0 Å². The zero-order chi connectivity index (χ0) is 14.6. The van der Waals surface area contributed by atoms with Crippen LogP contribution in [0.5, 0.6) is 0 Å². The van der Waals surface area contributed by atoms with Crippen molar-refractivity contribution in [2.75, 3.05) is 0 Å². The molecule has 104 valence electrons. The largest absolute Gasteiger partial charge is 0.0797 e. The van der Waals surface area contributed by atoms with E-state index in [2.05, 4.69) is 80.4 Å². The van der Waals surface area contributed by atoms with Crippen molar-refractivity contribution in [2.24, 2.45) is 0 Å². The van der Waals surface area contributed by atoms with Crippen LogP contribution in [0.2, 0.25) is 19.6 Å². The molecule has 0 radical (unpaired) electrons. The van der Waals surface area contributed by atoms with E-state index in [-0.39, 0.29) is 0 Å². The SMILES string of the molecule is C[Si](C)(C)C1C=CC=c2ccc3c4c(ccc3c21)=CC=C4. The molecule has 0 bridgehead atoms. The van der Waals surface area contributed by atoms with Gasteiger partial charge >= 0.3 is 0 Å². The Kier molecular flexibility index (Phi) is 2.64. The predicted molar refractivity (Wildman–Crippen MR) is 96.4 cm³/mol. The van der Waals surface area contributed by atoms with Crippen LogP contribution in [0.4, 0.5) is 0 Å². The van der Waals surface area contributed by atoms with Crippen LogP contribution in [-0.2, 0) is 0 Å². The van der Waals surface area contributed by atoms with Crippen LogP contribution in [0.1, 0.15) is 16.7 Å². The molecule has 2 aromatic rings. The van der Waals surface area contributed by atoms with Gasteiger partial charge in [-0.15, -0.1) is 0 Å². The van der Waals surface area contributed by atoms with Crippen molar-refractivity contribution in [2.45, 2.75) is 25.2 Å². The van der Waals surface area contributed by atoms with Crippen molar-refractivity contribution < 1.29 is 0 Å². The molecule has 0 aromatic heterocycles. The average Bonchev–Trinajstić information content (AvgIpc) is 2.93. The Hall–Kier alpha value is -1.86. The molecule has 2 aliphatic carbocycles. The van der Waals surface area contributed by atoms with Gasteiger partial charge in [-0.2, -0.15) is 0 Å². The summed E-state index contributed by atoms with van der Waals surface area (Å²) >= 11 is 0. The molecule has 4 rings (SSSR count). The van der Waals surface area contributed by atoms with E-state index in [1.165, 1.54) is 26.8 Å². The minimum Gasteiger partial charge on any atom is -0.0797 e. The van der Waals surface area contributed by atoms with Crippen molar-refractivity contribution in [1.29, 1.82) is 0 Å². The third-order valence-electron chi connectivity index (χ3n) is 4.71. The van der Waals surface area contributed by atoms with Gasteiger partial charge in [0, 0.05) is 0 Å². The highest BCUT2D eigenvalue weighted by Gasteiger charge is 2.29. The second-order valence-electron chi connectivity index (χ2n) is 7.15. The Balaban J connectivity index is 2.13. The molecule has 0 nitrogen and oxygen atoms in total. The summed E-state index contributed by atoms with van der Waals surface area (Å²) in [6.07, 6.45) is 13.5. The molecule has 0 N–H and O–H groups in total. The summed E-state index contributed by atoms with van der Waals surface area (Å²) in [4.78, 5) is 0. The maximum absolute atomic E-state index is 2.47. The topological polar surface area (TPSA) is 0 Å². The average molecular weight is 288 g/mol. The highest BCUT2D eigenvalue weighted by atomic mass is 28.3. The van der Waals surface area contributed by atoms with E-state index in [1.54, 1.807) is 5.56 Å². The summed E-state index contributed by atoms with van der Waals surface area (Å²) in [7, 11) is -1.28. The van der Waals surface area contributed by atoms with Gasteiger partial charge in [-0.05, 0) is 37.9 Å². The van der Waals surface area contributed by atoms with E-state index in [4.69, 9.17) is 0 Å². The molecular weight excluding hydrogens is 268 g/mol. The van der Waals surface area contributed by atoms with E-state index < -0.39 is 8.07 Å². The second kappa shape index (κ2) is 4.31. The first-order valence-electron chi connectivity index (χ1n) is 7.68. The Morgan fingerprint density at radius 3 is 2.33 bits per heavy atom. The molecule has 0 heterocycles. The zero-order valence-electron chi connectivity index (χ0n) is 12.9. The molecule has 0 aliphatic heterocycles. The Morgan fingerprint density at radius 2 is 1.52 bits per heavy atom. The molecule has 1 unspecified atom stereocenters. The van der Waals surface area contributed by atoms with Gasteiger partial charge in [-0.25, -0.2) is 0 Å². The van der Waals surface area contributed by atoms with Crippen LogP contribution < -0.4 is 10.4 Å². The molecular formula is C20H20Si. The minimum absolute atomic E-state index is 0.605. The van der Waals surface area contributed by atoms with Crippen LogP contribution in [-0.4, -0.2) is 8.07 Å². The van der Waals surface area contributed by atoms with Gasteiger partial charge in [0.05, 0.1) is 8.07 Å². The van der Waals surface area contributed by atoms with E-state index >= 15 is 0 Å². The normalized spacial score (nSPS) is 19.1. The Morgan fingerprint density at radius 1 is 0.810 bits per heavy atom. The van der Waals surface area contributed by atoms with Crippen LogP contribution in [0.3, 0.4) is 0 Å². The lowest BCUT2D eigenvalue weighted by molar-refractivity contribution is 1.12. The monoisotopic (exact) mass is 288 g/mol. The van der Waals surface area contributed by atoms with Gasteiger partial charge in [0.25, 0.3) is 0 Å². The van der Waals surface area contributed by atoms with E-state index in [1.807, 2.05) is 0 Å². The van der Waals surface area contributed by atoms with Crippen LogP contribution in [0.25, 0.3) is 29.0 Å². The molecule has 0 amide bonds. The molecule has 21 heavy (non-hydrogen) atoms. The van der Waals surface area contributed by atoms with Crippen molar-refractivity contribution in [3.63, 3.8) is 0 Å². The molecule has 2 aromatic carbocycles. The summed E-state index contributed by atoms with van der Waals surface area (Å²) in [5, 5.41) is 5.60. The molecule has 2 aliphatic rings. The zero-order valence-corrected chi connectivity index (χ0v) is 13.9. The summed E-state index contributed by atoms with van der Waals surface area (Å²) in [6.45, 7) is 7.41. The number of fused-ring (bicyclic) bond motifs is 5. The molecule has 1 heteroatoms. The van der Waals surface area contributed by atoms with Gasteiger partial charge in [0.15, 0.2) is 0 Å². The van der Waals surface area contributed by atoms with Crippen molar-refractivity contribution in [3.8, 4) is 0 Å². The highest BCUT2D eigenvalue weighted by molar-refractivity contribution is 6.78. The lowest BCUT2D eigenvalue weighted by atomic mass is 9.93. The summed E-state index contributed by atoms with van der Waals surface area (Å²) < 4.78 is 0. The fourth-order valence-corrected chi connectivity index (χ4v) is 5.52. The van der Waals surface area contributed by atoms with Crippen LogP contribution in [0, 0.1) is 0 Å². The molecule has 0 saturated heterocycles. The number of allylic oxidation sites excluding steroid dienone is 3. The van der Waals surface area contributed by atoms with Crippen LogP contribution in [0.15, 0.2) is 42.5 Å². The third kappa shape index (κ3) is 1.88. The Labute approximate surface area is 126 Å². The van der Waals surface area contributed by atoms with Gasteiger partial charge in [-0.1, -0.05) is 80.4 Å². The molecule has 0 saturated carbocycles. The second-order valence-corrected chi connectivity index (χ2v) is 12.5. The summed E-state index contributed by atoms with van der Waals surface area (Å²) in [5.74, 6) is 0. The maximum atomic E-state index is 2.47. The standard InChI is InChI=1S/C20H20Si/c1-21(2,3)19-9-5-7-15-11-12-17-16-8-4-6-14(16)10-13-18(17)20(15)19/h4-13,19H,1-3H3. The minimum atomic E-state index is -1.28. The Bertz CT molecular complexity index is 921. The van der Waals surface area contributed by atoms with Gasteiger partial charge in [0.1, 0.15) is 0 Å². The number of rotatable bonds is 1. The molecule has 1 atom stereocenters. The van der Waals surface area contributed by atoms with Gasteiger partial charge < -0.3 is 0 Å². The van der Waals surface area contributed by atoms with Gasteiger partial charge in [0.2, 0.25) is 0 Å². The number of hydrogen-bond acceptors (Lipinski definition) is 0. The fraction of sp³-hybridized carbons (Fsp3) is 0.200. The first-order valence-corrected chi connectivity index (χ1v) is 11.3. The van der Waals surface area contributed by atoms with Crippen molar-refractivity contribution >= 4 is 37.1 Å². The smallest absolute Gasteiger partial charge is 0.0566 e. The summed E-state index contributed by atoms with van der Waals surface area (Å²) in [6, 6.07) is 9.21. The lowest BCUT2D eigenvalue weighted by Gasteiger charge is -2.30. The maximum Gasteiger partial charge on any atom is 0.0566 e. The van der Waals surface area contributed by atoms with Crippen molar-refractivity contribution in [3.05, 3.63) is 64.1 Å². The first kappa shape index (κ1) is 12.8. The fourth-order valence-electron chi connectivity index (χ4n) is 3.65. The van der Waals surface area contributed by atoms with Crippen molar-refractivity contribution in [1.82, 2.24) is 0 Å². The lowest BCUT2D eigenvalue weighted by Crippen LogP contribution is -2.34. The predicted octanol–water partition coefficient (Wildman–Crippen LogP) is 3.96. The first-order chi connectivity index (χ1) is 10.1. The van der Waals surface area contributed by atoms with E-state index in [9.17, 15) is 0 Å². The molecule has 0 fully saturated rings. The molecule has 0 spiro atoms. The number of benzene rings is 2. The summed E-state index contributed by atoms with van der Waals surface area (Å²) in [5.41, 5.74) is 3.55. The van der Waals surface area contributed by atoms with Crippen LogP contribution >= 0.6 is 0 Å². The third-order valence-corrected chi connectivity index (χ3v) is 7.06. The van der Waals surface area contributed by atoms with E-state index in [0.29, 0.717) is 5.54 Å². The number of hydrogen-bond donors (Lipinski definition) is 0. The van der Waals surface area contributed by atoms with Gasteiger partial charge in [-0.3, -0.25) is 0 Å².